The molecule has 0 saturated heterocycles. The number of thiazole rings is 1. The molecule has 23 heavy (non-hydrogen) atoms. The molecule has 0 radical (unpaired) electrons. The predicted molar refractivity (Wildman–Crippen MR) is 91.6 cm³/mol. The molecule has 0 aliphatic carbocycles. The van der Waals surface area contributed by atoms with Gasteiger partial charge in [0.15, 0.2) is 4.96 Å². The van der Waals surface area contributed by atoms with E-state index in [1.165, 1.54) is 17.4 Å². The highest BCUT2D eigenvalue weighted by molar-refractivity contribution is 7.15. The number of nitrogens with one attached hydrogen (secondary N) is 1. The third-order valence-corrected chi connectivity index (χ3v) is 4.59. The summed E-state index contributed by atoms with van der Waals surface area (Å²) in [6.45, 7) is 2.21. The van der Waals surface area contributed by atoms with Crippen molar-refractivity contribution in [2.24, 2.45) is 0 Å². The standard InChI is InChI=1S/C16H14ClN3O2S/c1-10-8-14(21)20-11(9-23-16(20)19-10)6-7-18-15(22)12-4-2-3-5-13(12)17/h2-5,8-9H,6-7H2,1H3,(H,18,22). The van der Waals surface area contributed by atoms with E-state index in [-0.39, 0.29) is 11.5 Å². The fraction of sp³-hybridized carbons (Fsp3) is 0.188. The van der Waals surface area contributed by atoms with Gasteiger partial charge in [0, 0.05) is 35.8 Å². The average molecular weight is 348 g/mol. The monoisotopic (exact) mass is 347 g/mol. The zero-order valence-electron chi connectivity index (χ0n) is 12.4. The molecule has 0 aliphatic heterocycles. The van der Waals surface area contributed by atoms with Crippen molar-refractivity contribution in [1.82, 2.24) is 14.7 Å². The molecule has 1 aromatic carbocycles. The van der Waals surface area contributed by atoms with Crippen molar-refractivity contribution in [1.29, 1.82) is 0 Å². The summed E-state index contributed by atoms with van der Waals surface area (Å²) < 4.78 is 1.58. The van der Waals surface area contributed by atoms with Crippen LogP contribution in [0.15, 0.2) is 40.5 Å². The minimum Gasteiger partial charge on any atom is -0.352 e. The zero-order chi connectivity index (χ0) is 16.4. The van der Waals surface area contributed by atoms with Gasteiger partial charge in [0.1, 0.15) is 0 Å². The minimum atomic E-state index is -0.226. The summed E-state index contributed by atoms with van der Waals surface area (Å²) in [6, 6.07) is 8.40. The summed E-state index contributed by atoms with van der Waals surface area (Å²) >= 11 is 7.42. The number of halogens is 1. The lowest BCUT2D eigenvalue weighted by atomic mass is 10.2. The van der Waals surface area contributed by atoms with Crippen LogP contribution in [-0.2, 0) is 6.42 Å². The van der Waals surface area contributed by atoms with Gasteiger partial charge in [-0.25, -0.2) is 4.98 Å². The molecule has 0 saturated carbocycles. The van der Waals surface area contributed by atoms with Gasteiger partial charge in [0.25, 0.3) is 11.5 Å². The van der Waals surface area contributed by atoms with Crippen LogP contribution in [0.2, 0.25) is 5.02 Å². The van der Waals surface area contributed by atoms with E-state index in [0.717, 1.165) is 5.69 Å². The largest absolute Gasteiger partial charge is 0.352 e. The normalized spacial score (nSPS) is 10.9. The molecule has 3 aromatic rings. The van der Waals surface area contributed by atoms with Gasteiger partial charge < -0.3 is 5.32 Å². The topological polar surface area (TPSA) is 63.5 Å². The first kappa shape index (κ1) is 15.7. The Morgan fingerprint density at radius 1 is 1.39 bits per heavy atom. The predicted octanol–water partition coefficient (Wildman–Crippen LogP) is 2.69. The Kier molecular flexibility index (Phi) is 4.45. The third kappa shape index (κ3) is 3.28. The molecule has 2 aromatic heterocycles. The second-order valence-corrected chi connectivity index (χ2v) is 6.31. The summed E-state index contributed by atoms with van der Waals surface area (Å²) in [7, 11) is 0. The molecule has 118 valence electrons. The van der Waals surface area contributed by atoms with Crippen molar-refractivity contribution < 1.29 is 4.79 Å². The number of hydrogen-bond donors (Lipinski definition) is 1. The number of hydrogen-bond acceptors (Lipinski definition) is 4. The Hall–Kier alpha value is -2.18. The van der Waals surface area contributed by atoms with Gasteiger partial charge in [0.2, 0.25) is 0 Å². The van der Waals surface area contributed by atoms with E-state index >= 15 is 0 Å². The Balaban J connectivity index is 1.71. The maximum atomic E-state index is 12.1. The number of nitrogens with zero attached hydrogens (tertiary/aromatic N) is 2. The average Bonchev–Trinajstić information content (AvgIpc) is 2.90. The van der Waals surface area contributed by atoms with Crippen molar-refractivity contribution >= 4 is 33.8 Å². The molecule has 0 spiro atoms. The number of aromatic nitrogens is 2. The van der Waals surface area contributed by atoms with Crippen LogP contribution in [0.25, 0.3) is 4.96 Å². The minimum absolute atomic E-state index is 0.0961. The highest BCUT2D eigenvalue weighted by Gasteiger charge is 2.11. The second-order valence-electron chi connectivity index (χ2n) is 5.07. The van der Waals surface area contributed by atoms with Crippen LogP contribution in [0.4, 0.5) is 0 Å². The van der Waals surface area contributed by atoms with Crippen LogP contribution in [0, 0.1) is 6.92 Å². The van der Waals surface area contributed by atoms with Crippen molar-refractivity contribution in [2.45, 2.75) is 13.3 Å². The van der Waals surface area contributed by atoms with Crippen LogP contribution in [0.3, 0.4) is 0 Å². The first-order chi connectivity index (χ1) is 11.1. The highest BCUT2D eigenvalue weighted by atomic mass is 35.5. The van der Waals surface area contributed by atoms with Crippen LogP contribution in [0.5, 0.6) is 0 Å². The van der Waals surface area contributed by atoms with Gasteiger partial charge in [-0.05, 0) is 19.1 Å². The number of benzene rings is 1. The quantitative estimate of drug-likeness (QED) is 0.789. The third-order valence-electron chi connectivity index (χ3n) is 3.39. The summed E-state index contributed by atoms with van der Waals surface area (Å²) in [5, 5.41) is 5.13. The summed E-state index contributed by atoms with van der Waals surface area (Å²) in [5.41, 5.74) is 1.89. The van der Waals surface area contributed by atoms with Gasteiger partial charge in [-0.3, -0.25) is 14.0 Å². The Bertz CT molecular complexity index is 932. The maximum absolute atomic E-state index is 12.1. The zero-order valence-corrected chi connectivity index (χ0v) is 13.9. The number of carbonyl (C=O) groups is 1. The van der Waals surface area contributed by atoms with Gasteiger partial charge >= 0.3 is 0 Å². The van der Waals surface area contributed by atoms with Crippen molar-refractivity contribution in [3.05, 3.63) is 68.0 Å². The van der Waals surface area contributed by atoms with Crippen molar-refractivity contribution in [3.8, 4) is 0 Å². The van der Waals surface area contributed by atoms with E-state index < -0.39 is 0 Å². The van der Waals surface area contributed by atoms with E-state index in [1.807, 2.05) is 5.38 Å². The molecule has 5 nitrogen and oxygen atoms in total. The number of fused-ring (bicyclic) bond motifs is 1. The Morgan fingerprint density at radius 2 is 2.17 bits per heavy atom. The number of rotatable bonds is 4. The maximum Gasteiger partial charge on any atom is 0.258 e. The van der Waals surface area contributed by atoms with Crippen LogP contribution in [0.1, 0.15) is 21.7 Å². The van der Waals surface area contributed by atoms with E-state index in [1.54, 1.807) is 35.6 Å². The van der Waals surface area contributed by atoms with Gasteiger partial charge in [-0.2, -0.15) is 0 Å². The lowest BCUT2D eigenvalue weighted by Gasteiger charge is -2.06. The fourth-order valence-electron chi connectivity index (χ4n) is 2.30. The number of aryl methyl sites for hydroxylation is 1. The van der Waals surface area contributed by atoms with Crippen molar-refractivity contribution in [3.63, 3.8) is 0 Å². The number of amides is 1. The molecule has 1 amide bonds. The summed E-state index contributed by atoms with van der Waals surface area (Å²) in [6.07, 6.45) is 0.543. The van der Waals surface area contributed by atoms with Gasteiger partial charge in [-0.1, -0.05) is 23.7 Å². The lowest BCUT2D eigenvalue weighted by Crippen LogP contribution is -2.27. The van der Waals surface area contributed by atoms with E-state index in [0.29, 0.717) is 34.2 Å². The van der Waals surface area contributed by atoms with E-state index in [4.69, 9.17) is 11.6 Å². The molecule has 0 unspecified atom stereocenters. The molecule has 7 heteroatoms. The number of carbonyl (C=O) groups excluding carboxylic acids is 1. The molecule has 0 aliphatic rings. The van der Waals surface area contributed by atoms with E-state index in [9.17, 15) is 9.59 Å². The molecule has 0 fully saturated rings. The van der Waals surface area contributed by atoms with Crippen LogP contribution < -0.4 is 10.9 Å². The SMILES string of the molecule is Cc1cc(=O)n2c(CCNC(=O)c3ccccc3Cl)csc2n1. The summed E-state index contributed by atoms with van der Waals surface area (Å²) in [4.78, 5) is 29.2. The van der Waals surface area contributed by atoms with Crippen molar-refractivity contribution in [2.75, 3.05) is 6.54 Å². The molecular weight excluding hydrogens is 334 g/mol. The second kappa shape index (κ2) is 6.52. The molecular formula is C16H14ClN3O2S. The highest BCUT2D eigenvalue weighted by Crippen LogP contribution is 2.15. The lowest BCUT2D eigenvalue weighted by molar-refractivity contribution is 0.0954. The van der Waals surface area contributed by atoms with Crippen LogP contribution >= 0.6 is 22.9 Å². The Labute approximate surface area is 141 Å². The Morgan fingerprint density at radius 3 is 2.96 bits per heavy atom. The van der Waals surface area contributed by atoms with Gasteiger partial charge in [0.05, 0.1) is 10.6 Å². The molecule has 1 N–H and O–H groups in total. The smallest absolute Gasteiger partial charge is 0.258 e. The molecule has 2 heterocycles. The molecule has 0 bridgehead atoms. The van der Waals surface area contributed by atoms with E-state index in [2.05, 4.69) is 10.3 Å². The molecule has 0 atom stereocenters. The first-order valence-corrected chi connectivity index (χ1v) is 8.31. The van der Waals surface area contributed by atoms with Crippen LogP contribution in [-0.4, -0.2) is 21.8 Å². The molecule has 3 rings (SSSR count). The summed E-state index contributed by atoms with van der Waals surface area (Å²) in [5.74, 6) is -0.226. The first-order valence-electron chi connectivity index (χ1n) is 7.06. The van der Waals surface area contributed by atoms with Gasteiger partial charge in [-0.15, -0.1) is 11.3 Å². The fourth-order valence-corrected chi connectivity index (χ4v) is 3.50.